The summed E-state index contributed by atoms with van der Waals surface area (Å²) in [5, 5.41) is 13.3. The van der Waals surface area contributed by atoms with Gasteiger partial charge in [0.25, 0.3) is 5.56 Å². The zero-order chi connectivity index (χ0) is 28.5. The molecule has 0 saturated carbocycles. The number of aromatic nitrogens is 4. The van der Waals surface area contributed by atoms with Crippen LogP contribution in [0.15, 0.2) is 70.0 Å². The van der Waals surface area contributed by atoms with Crippen molar-refractivity contribution < 1.29 is 18.8 Å². The van der Waals surface area contributed by atoms with Crippen molar-refractivity contribution in [2.45, 2.75) is 46.1 Å². The van der Waals surface area contributed by atoms with Crippen LogP contribution in [0.25, 0.3) is 33.6 Å². The molecule has 0 aliphatic carbocycles. The monoisotopic (exact) mass is 552 g/mol. The summed E-state index contributed by atoms with van der Waals surface area (Å²) in [5.74, 6) is 1.25. The van der Waals surface area contributed by atoms with E-state index in [1.54, 1.807) is 28.8 Å². The Bertz CT molecular complexity index is 1810. The summed E-state index contributed by atoms with van der Waals surface area (Å²) in [7, 11) is 0. The summed E-state index contributed by atoms with van der Waals surface area (Å²) in [6.45, 7) is 4.63. The summed E-state index contributed by atoms with van der Waals surface area (Å²) >= 11 is 0. The lowest BCUT2D eigenvalue weighted by Crippen LogP contribution is -2.28. The van der Waals surface area contributed by atoms with Gasteiger partial charge in [-0.15, -0.1) is 0 Å². The van der Waals surface area contributed by atoms with Crippen LogP contribution in [0.1, 0.15) is 42.4 Å². The van der Waals surface area contributed by atoms with Crippen LogP contribution in [-0.2, 0) is 19.4 Å². The van der Waals surface area contributed by atoms with Gasteiger partial charge in [0.2, 0.25) is 5.82 Å². The number of hydrogen-bond donors (Lipinski definition) is 1. The minimum atomic E-state index is -0.542. The lowest BCUT2D eigenvalue weighted by Gasteiger charge is -2.17. The third-order valence-corrected chi connectivity index (χ3v) is 7.44. The van der Waals surface area contributed by atoms with Gasteiger partial charge in [0.1, 0.15) is 17.4 Å². The highest BCUT2D eigenvalue weighted by Crippen LogP contribution is 2.33. The molecule has 208 valence electrons. The fourth-order valence-electron chi connectivity index (χ4n) is 5.35. The maximum Gasteiger partial charge on any atom is 0.415 e. The Labute approximate surface area is 236 Å². The first-order chi connectivity index (χ1) is 19.9. The van der Waals surface area contributed by atoms with Crippen molar-refractivity contribution in [3.63, 3.8) is 0 Å². The molecule has 0 fully saturated rings. The number of benzene rings is 3. The molecule has 0 bridgehead atoms. The fourth-order valence-corrected chi connectivity index (χ4v) is 5.35. The van der Waals surface area contributed by atoms with Gasteiger partial charge in [0.05, 0.1) is 24.4 Å². The third kappa shape index (κ3) is 5.11. The normalized spacial score (nSPS) is 12.4. The van der Waals surface area contributed by atoms with Crippen LogP contribution in [0.2, 0.25) is 0 Å². The first-order valence-electron chi connectivity index (χ1n) is 13.7. The number of fused-ring (bicyclic) bond motifs is 1. The summed E-state index contributed by atoms with van der Waals surface area (Å²) in [5.41, 5.74) is 5.11. The molecule has 6 rings (SSSR count). The summed E-state index contributed by atoms with van der Waals surface area (Å²) in [4.78, 5) is 22.8. The van der Waals surface area contributed by atoms with E-state index < -0.39 is 11.9 Å². The quantitative estimate of drug-likeness (QED) is 0.248. The summed E-state index contributed by atoms with van der Waals surface area (Å²) in [6, 6.07) is 18.0. The minimum Gasteiger partial charge on any atom is -0.493 e. The van der Waals surface area contributed by atoms with Gasteiger partial charge in [0.15, 0.2) is 0 Å². The Balaban J connectivity index is 1.39. The topological polar surface area (TPSA) is 103 Å². The van der Waals surface area contributed by atoms with Gasteiger partial charge in [-0.1, -0.05) is 61.0 Å². The maximum atomic E-state index is 15.7. The smallest absolute Gasteiger partial charge is 0.415 e. The van der Waals surface area contributed by atoms with Crippen LogP contribution in [0, 0.1) is 12.7 Å². The van der Waals surface area contributed by atoms with Gasteiger partial charge in [-0.25, -0.2) is 9.37 Å². The molecule has 0 spiro atoms. The molecule has 0 saturated heterocycles. The van der Waals surface area contributed by atoms with Crippen molar-refractivity contribution in [3.8, 4) is 45.5 Å². The van der Waals surface area contributed by atoms with Crippen LogP contribution in [0.5, 0.6) is 11.8 Å². The molecule has 0 unspecified atom stereocenters. The second-order valence-electron chi connectivity index (χ2n) is 10.2. The van der Waals surface area contributed by atoms with Crippen LogP contribution in [0.3, 0.4) is 0 Å². The summed E-state index contributed by atoms with van der Waals surface area (Å²) < 4.78 is 27.7. The molecule has 2 aromatic heterocycles. The van der Waals surface area contributed by atoms with Gasteiger partial charge in [-0.3, -0.25) is 13.9 Å². The van der Waals surface area contributed by atoms with E-state index >= 15 is 4.39 Å². The van der Waals surface area contributed by atoms with E-state index in [0.717, 1.165) is 36.1 Å². The second-order valence-corrected chi connectivity index (χ2v) is 10.2. The lowest BCUT2D eigenvalue weighted by atomic mass is 9.98. The highest BCUT2D eigenvalue weighted by molar-refractivity contribution is 5.80. The molecule has 9 heteroatoms. The molecule has 1 aliphatic heterocycles. The first-order valence-corrected chi connectivity index (χ1v) is 13.7. The molecule has 1 aliphatic rings. The molecular formula is C32H29FN4O4. The van der Waals surface area contributed by atoms with Gasteiger partial charge in [-0.2, -0.15) is 4.98 Å². The Morgan fingerprint density at radius 1 is 1.02 bits per heavy atom. The zero-order valence-electron chi connectivity index (χ0n) is 22.9. The number of ether oxygens (including phenoxy) is 1. The molecule has 3 heterocycles. The van der Waals surface area contributed by atoms with E-state index in [1.807, 2.05) is 37.3 Å². The van der Waals surface area contributed by atoms with Gasteiger partial charge < -0.3 is 9.84 Å². The standard InChI is InChI=1S/C32H29FN4O4/c1-3-4-9-28-34-19(2)29(22-12-13-27-21(16-22)14-15-40-27)31(38)37(28)18-23-11-10-20(17-26(23)33)24-7-5-6-8-25(24)30-35-32(39)41-36-30/h5-8,10-13,16-17H,3-4,9,14-15,18H2,1-2H3,(H,35,36,39). The highest BCUT2D eigenvalue weighted by atomic mass is 19.1. The number of rotatable bonds is 8. The average Bonchev–Trinajstić information content (AvgIpc) is 3.63. The molecule has 0 atom stereocenters. The van der Waals surface area contributed by atoms with Crippen molar-refractivity contribution >= 4 is 0 Å². The average molecular weight is 553 g/mol. The lowest BCUT2D eigenvalue weighted by molar-refractivity contribution is 0.267. The number of nitrogens with zero attached hydrogens (tertiary/aromatic N) is 4. The predicted octanol–water partition coefficient (Wildman–Crippen LogP) is 6.11. The molecule has 41 heavy (non-hydrogen) atoms. The first kappa shape index (κ1) is 26.4. The van der Waals surface area contributed by atoms with Gasteiger partial charge >= 0.3 is 6.08 Å². The summed E-state index contributed by atoms with van der Waals surface area (Å²) in [6.07, 6.45) is 2.69. The van der Waals surface area contributed by atoms with E-state index in [2.05, 4.69) is 17.1 Å². The van der Waals surface area contributed by atoms with Crippen LogP contribution in [0.4, 0.5) is 4.39 Å². The minimum absolute atomic E-state index is 0.0543. The Morgan fingerprint density at radius 2 is 1.83 bits per heavy atom. The second kappa shape index (κ2) is 11.0. The van der Waals surface area contributed by atoms with E-state index in [-0.39, 0.29) is 17.9 Å². The molecule has 5 aromatic rings. The predicted molar refractivity (Wildman–Crippen MR) is 152 cm³/mol. The molecule has 0 amide bonds. The fraction of sp³-hybridized carbons (Fsp3) is 0.250. The molecule has 3 aromatic carbocycles. The van der Waals surface area contributed by atoms with Crippen molar-refractivity contribution in [3.05, 3.63) is 99.5 Å². The van der Waals surface area contributed by atoms with Gasteiger partial charge in [-0.05, 0) is 53.8 Å². The zero-order valence-corrected chi connectivity index (χ0v) is 22.9. The molecular weight excluding hydrogens is 523 g/mol. The van der Waals surface area contributed by atoms with Crippen molar-refractivity contribution in [2.24, 2.45) is 0 Å². The maximum absolute atomic E-state index is 15.7. The molecule has 1 N–H and O–H groups in total. The Morgan fingerprint density at radius 3 is 2.59 bits per heavy atom. The van der Waals surface area contributed by atoms with Crippen LogP contribution >= 0.6 is 0 Å². The number of hydrogen-bond acceptors (Lipinski definition) is 7. The Kier molecular flexibility index (Phi) is 7.09. The number of halogens is 1. The largest absolute Gasteiger partial charge is 0.493 e. The van der Waals surface area contributed by atoms with Gasteiger partial charge in [0, 0.05) is 24.0 Å². The third-order valence-electron chi connectivity index (χ3n) is 7.44. The van der Waals surface area contributed by atoms with E-state index in [9.17, 15) is 9.90 Å². The van der Waals surface area contributed by atoms with E-state index in [0.29, 0.717) is 52.4 Å². The molecule has 8 nitrogen and oxygen atoms in total. The van der Waals surface area contributed by atoms with Crippen LogP contribution < -0.4 is 10.3 Å². The number of aromatic hydroxyl groups is 1. The van der Waals surface area contributed by atoms with Crippen LogP contribution in [-0.4, -0.2) is 31.4 Å². The highest BCUT2D eigenvalue weighted by Gasteiger charge is 2.20. The Hall–Kier alpha value is -4.79. The van der Waals surface area contributed by atoms with E-state index in [1.165, 1.54) is 6.07 Å². The van der Waals surface area contributed by atoms with E-state index in [4.69, 9.17) is 14.2 Å². The SMILES string of the molecule is CCCCc1nc(C)c(-c2ccc3c(c2)CCO3)c(=O)n1Cc1ccc(-c2ccccc2-c2noc(O)n2)cc1F. The van der Waals surface area contributed by atoms with Crippen molar-refractivity contribution in [1.82, 2.24) is 19.7 Å². The van der Waals surface area contributed by atoms with Crippen molar-refractivity contribution in [1.29, 1.82) is 0 Å². The number of aryl methyl sites for hydroxylation is 2. The van der Waals surface area contributed by atoms with Crippen molar-refractivity contribution in [2.75, 3.05) is 6.61 Å². The molecule has 0 radical (unpaired) electrons. The number of unbranched alkanes of at least 4 members (excludes halogenated alkanes) is 1.